The lowest BCUT2D eigenvalue weighted by molar-refractivity contribution is 0.179. The van der Waals surface area contributed by atoms with Crippen LogP contribution >= 0.6 is 0 Å². The zero-order valence-electron chi connectivity index (χ0n) is 11.8. The van der Waals surface area contributed by atoms with Gasteiger partial charge in [0.1, 0.15) is 0 Å². The number of nitrogens with one attached hydrogen (secondary N) is 1. The number of anilines is 2. The molecule has 1 aromatic carbocycles. The van der Waals surface area contributed by atoms with Gasteiger partial charge in [-0.15, -0.1) is 0 Å². The number of hydrogen-bond acceptors (Lipinski definition) is 3. The van der Waals surface area contributed by atoms with Crippen LogP contribution in [0.15, 0.2) is 24.3 Å². The third kappa shape index (κ3) is 3.03. The molecular formula is C16H24N2O. The average Bonchev–Trinajstić information content (AvgIpc) is 3.14. The van der Waals surface area contributed by atoms with E-state index in [9.17, 15) is 0 Å². The van der Waals surface area contributed by atoms with Crippen LogP contribution in [0, 0.1) is 5.92 Å². The highest BCUT2D eigenvalue weighted by Crippen LogP contribution is 2.36. The molecule has 1 saturated carbocycles. The van der Waals surface area contributed by atoms with Gasteiger partial charge in [-0.2, -0.15) is 0 Å². The summed E-state index contributed by atoms with van der Waals surface area (Å²) in [5.41, 5.74) is 2.64. The molecule has 0 amide bonds. The SMILES string of the molecule is COCC(Nc1ccccc1N1CCCC1)C1CC1. The fraction of sp³-hybridized carbons (Fsp3) is 0.625. The van der Waals surface area contributed by atoms with Gasteiger partial charge in [0.2, 0.25) is 0 Å². The molecule has 1 saturated heterocycles. The molecule has 1 heterocycles. The quantitative estimate of drug-likeness (QED) is 0.850. The molecule has 1 N–H and O–H groups in total. The van der Waals surface area contributed by atoms with E-state index in [0.717, 1.165) is 12.5 Å². The highest BCUT2D eigenvalue weighted by molar-refractivity contribution is 5.70. The van der Waals surface area contributed by atoms with Gasteiger partial charge in [0.25, 0.3) is 0 Å². The molecule has 0 radical (unpaired) electrons. The summed E-state index contributed by atoms with van der Waals surface area (Å²) in [5.74, 6) is 0.798. The van der Waals surface area contributed by atoms with Gasteiger partial charge in [-0.1, -0.05) is 12.1 Å². The highest BCUT2D eigenvalue weighted by Gasteiger charge is 2.31. The molecule has 104 valence electrons. The smallest absolute Gasteiger partial charge is 0.0666 e. The van der Waals surface area contributed by atoms with Crippen molar-refractivity contribution < 1.29 is 4.74 Å². The number of nitrogens with zero attached hydrogens (tertiary/aromatic N) is 1. The van der Waals surface area contributed by atoms with Crippen molar-refractivity contribution in [2.24, 2.45) is 5.92 Å². The van der Waals surface area contributed by atoms with E-state index in [4.69, 9.17) is 4.74 Å². The third-order valence-electron chi connectivity index (χ3n) is 4.23. The number of methoxy groups -OCH3 is 1. The van der Waals surface area contributed by atoms with Crippen LogP contribution in [-0.2, 0) is 4.74 Å². The van der Waals surface area contributed by atoms with Crippen LogP contribution in [0.25, 0.3) is 0 Å². The van der Waals surface area contributed by atoms with Crippen LogP contribution in [-0.4, -0.2) is 32.8 Å². The van der Waals surface area contributed by atoms with Crippen molar-refractivity contribution in [1.29, 1.82) is 0 Å². The number of hydrogen-bond donors (Lipinski definition) is 1. The molecule has 1 unspecified atom stereocenters. The maximum Gasteiger partial charge on any atom is 0.0666 e. The molecule has 1 aliphatic carbocycles. The van der Waals surface area contributed by atoms with Gasteiger partial charge in [-0.25, -0.2) is 0 Å². The van der Waals surface area contributed by atoms with E-state index in [1.165, 1.54) is 50.1 Å². The predicted molar refractivity (Wildman–Crippen MR) is 79.9 cm³/mol. The van der Waals surface area contributed by atoms with Gasteiger partial charge >= 0.3 is 0 Å². The standard InChI is InChI=1S/C16H24N2O/c1-19-12-15(13-8-9-13)17-14-6-2-3-7-16(14)18-10-4-5-11-18/h2-3,6-7,13,15,17H,4-5,8-12H2,1H3. The molecule has 1 aliphatic heterocycles. The fourth-order valence-electron chi connectivity index (χ4n) is 3.00. The summed E-state index contributed by atoms with van der Waals surface area (Å²) in [6.07, 6.45) is 5.32. The van der Waals surface area contributed by atoms with E-state index in [0.29, 0.717) is 6.04 Å². The average molecular weight is 260 g/mol. The van der Waals surface area contributed by atoms with Crippen LogP contribution in [0.4, 0.5) is 11.4 Å². The summed E-state index contributed by atoms with van der Waals surface area (Å²) in [6.45, 7) is 3.19. The maximum absolute atomic E-state index is 5.37. The predicted octanol–water partition coefficient (Wildman–Crippen LogP) is 3.12. The Morgan fingerprint density at radius 2 is 2.00 bits per heavy atom. The maximum atomic E-state index is 5.37. The minimum Gasteiger partial charge on any atom is -0.383 e. The summed E-state index contributed by atoms with van der Waals surface area (Å²) >= 11 is 0. The highest BCUT2D eigenvalue weighted by atomic mass is 16.5. The Hall–Kier alpha value is -1.22. The molecule has 1 atom stereocenters. The van der Waals surface area contributed by atoms with Crippen molar-refractivity contribution in [3.63, 3.8) is 0 Å². The summed E-state index contributed by atoms with van der Waals surface area (Å²) in [5, 5.41) is 3.72. The molecule has 0 aromatic heterocycles. The van der Waals surface area contributed by atoms with Crippen LogP contribution < -0.4 is 10.2 Å². The summed E-state index contributed by atoms with van der Waals surface area (Å²) < 4.78 is 5.37. The zero-order valence-corrected chi connectivity index (χ0v) is 11.8. The summed E-state index contributed by atoms with van der Waals surface area (Å²) in [4.78, 5) is 2.50. The third-order valence-corrected chi connectivity index (χ3v) is 4.23. The van der Waals surface area contributed by atoms with Crippen molar-refractivity contribution in [2.75, 3.05) is 37.0 Å². The molecule has 0 spiro atoms. The number of para-hydroxylation sites is 2. The van der Waals surface area contributed by atoms with Crippen LogP contribution in [0.1, 0.15) is 25.7 Å². The second-order valence-corrected chi connectivity index (χ2v) is 5.75. The molecule has 2 aliphatic rings. The minimum absolute atomic E-state index is 0.466. The Morgan fingerprint density at radius 3 is 2.68 bits per heavy atom. The van der Waals surface area contributed by atoms with Crippen molar-refractivity contribution in [2.45, 2.75) is 31.7 Å². The molecule has 3 heteroatoms. The van der Waals surface area contributed by atoms with E-state index in [1.54, 1.807) is 7.11 Å². The van der Waals surface area contributed by atoms with Gasteiger partial charge < -0.3 is 15.0 Å². The Balaban J connectivity index is 1.75. The first kappa shape index (κ1) is 12.8. The first-order valence-corrected chi connectivity index (χ1v) is 7.48. The normalized spacial score (nSPS) is 20.6. The molecule has 0 bridgehead atoms. The zero-order chi connectivity index (χ0) is 13.1. The van der Waals surface area contributed by atoms with E-state index < -0.39 is 0 Å². The monoisotopic (exact) mass is 260 g/mol. The second-order valence-electron chi connectivity index (χ2n) is 5.75. The number of benzene rings is 1. The lowest BCUT2D eigenvalue weighted by Crippen LogP contribution is -2.28. The first-order valence-electron chi connectivity index (χ1n) is 7.48. The molecule has 19 heavy (non-hydrogen) atoms. The Morgan fingerprint density at radius 1 is 1.26 bits per heavy atom. The summed E-state index contributed by atoms with van der Waals surface area (Å²) in [7, 11) is 1.80. The lowest BCUT2D eigenvalue weighted by atomic mass is 10.1. The molecule has 1 aromatic rings. The largest absolute Gasteiger partial charge is 0.383 e. The van der Waals surface area contributed by atoms with E-state index in [-0.39, 0.29) is 0 Å². The first-order chi connectivity index (χ1) is 9.38. The Labute approximate surface area is 115 Å². The molecule has 3 rings (SSSR count). The van der Waals surface area contributed by atoms with Crippen LogP contribution in [0.5, 0.6) is 0 Å². The van der Waals surface area contributed by atoms with Gasteiger partial charge in [0.15, 0.2) is 0 Å². The number of ether oxygens (including phenoxy) is 1. The van der Waals surface area contributed by atoms with Gasteiger partial charge in [-0.3, -0.25) is 0 Å². The van der Waals surface area contributed by atoms with Gasteiger partial charge in [0.05, 0.1) is 24.0 Å². The van der Waals surface area contributed by atoms with Crippen molar-refractivity contribution in [3.8, 4) is 0 Å². The minimum atomic E-state index is 0.466. The van der Waals surface area contributed by atoms with E-state index in [1.807, 2.05) is 0 Å². The van der Waals surface area contributed by atoms with Crippen molar-refractivity contribution in [1.82, 2.24) is 0 Å². The lowest BCUT2D eigenvalue weighted by Gasteiger charge is -2.25. The molecule has 2 fully saturated rings. The fourth-order valence-corrected chi connectivity index (χ4v) is 3.00. The van der Waals surface area contributed by atoms with E-state index in [2.05, 4.69) is 34.5 Å². The Kier molecular flexibility index (Phi) is 3.92. The topological polar surface area (TPSA) is 24.5 Å². The van der Waals surface area contributed by atoms with Gasteiger partial charge in [0, 0.05) is 20.2 Å². The Bertz CT molecular complexity index is 411. The van der Waals surface area contributed by atoms with E-state index >= 15 is 0 Å². The van der Waals surface area contributed by atoms with Crippen molar-refractivity contribution >= 4 is 11.4 Å². The van der Waals surface area contributed by atoms with Crippen molar-refractivity contribution in [3.05, 3.63) is 24.3 Å². The number of rotatable bonds is 6. The second kappa shape index (κ2) is 5.83. The molecular weight excluding hydrogens is 236 g/mol. The molecule has 3 nitrogen and oxygen atoms in total. The van der Waals surface area contributed by atoms with Crippen LogP contribution in [0.3, 0.4) is 0 Å². The summed E-state index contributed by atoms with van der Waals surface area (Å²) in [6, 6.07) is 9.18. The van der Waals surface area contributed by atoms with Crippen LogP contribution in [0.2, 0.25) is 0 Å². The van der Waals surface area contributed by atoms with Gasteiger partial charge in [-0.05, 0) is 43.7 Å².